The van der Waals surface area contributed by atoms with E-state index < -0.39 is 48.5 Å². The van der Waals surface area contributed by atoms with Crippen LogP contribution < -0.4 is 38.6 Å². The number of hydrogen-bond acceptors (Lipinski definition) is 14. The summed E-state index contributed by atoms with van der Waals surface area (Å²) in [6.45, 7) is -0.707. The molecule has 1 saturated heterocycles. The third kappa shape index (κ3) is 5.04. The van der Waals surface area contributed by atoms with E-state index in [0.717, 1.165) is 0 Å². The SMILES string of the molecule is COc1ccc(-c2oc3c(OC)c(OC)c(OC)c(OC)c3c(=O)c2O[C@H]2O[C@H](CO)[C@@H](O)[C@H](O)[C@H]2O)cc1OC. The highest BCUT2D eigenvalue weighted by Gasteiger charge is 2.45. The minimum absolute atomic E-state index is 0.0124. The normalized spacial score (nSPS) is 22.2. The molecule has 4 N–H and O–H groups in total. The Bertz CT molecular complexity index is 1450. The fourth-order valence-electron chi connectivity index (χ4n) is 4.61. The molecule has 1 aliphatic heterocycles. The van der Waals surface area contributed by atoms with Gasteiger partial charge in [-0.15, -0.1) is 0 Å². The van der Waals surface area contributed by atoms with E-state index in [-0.39, 0.29) is 45.3 Å². The number of hydrogen-bond donors (Lipinski definition) is 4. The molecule has 41 heavy (non-hydrogen) atoms. The Hall–Kier alpha value is -3.95. The fraction of sp³-hybridized carbons (Fsp3) is 0.444. The Labute approximate surface area is 234 Å². The van der Waals surface area contributed by atoms with Gasteiger partial charge in [-0.3, -0.25) is 4.79 Å². The lowest BCUT2D eigenvalue weighted by Crippen LogP contribution is -2.60. The summed E-state index contributed by atoms with van der Waals surface area (Å²) in [5.74, 6) is 0.122. The first-order valence-electron chi connectivity index (χ1n) is 12.3. The van der Waals surface area contributed by atoms with Gasteiger partial charge in [0.15, 0.2) is 28.6 Å². The molecule has 0 spiro atoms. The van der Waals surface area contributed by atoms with Crippen LogP contribution in [0.5, 0.6) is 40.2 Å². The molecule has 0 amide bonds. The number of rotatable bonds is 10. The second-order valence-corrected chi connectivity index (χ2v) is 8.81. The van der Waals surface area contributed by atoms with E-state index in [0.29, 0.717) is 11.5 Å². The fourth-order valence-corrected chi connectivity index (χ4v) is 4.61. The van der Waals surface area contributed by atoms with Gasteiger partial charge in [-0.1, -0.05) is 0 Å². The topological polar surface area (TPSA) is 185 Å². The maximum absolute atomic E-state index is 14.2. The van der Waals surface area contributed by atoms with Gasteiger partial charge in [0.2, 0.25) is 34.7 Å². The first kappa shape index (κ1) is 30.0. The van der Waals surface area contributed by atoms with Gasteiger partial charge < -0.3 is 62.7 Å². The summed E-state index contributed by atoms with van der Waals surface area (Å²) in [4.78, 5) is 14.2. The van der Waals surface area contributed by atoms with Crippen molar-refractivity contribution >= 4 is 11.0 Å². The predicted octanol–water partition coefficient (Wildman–Crippen LogP) is 0.690. The predicted molar refractivity (Wildman–Crippen MR) is 142 cm³/mol. The summed E-state index contributed by atoms with van der Waals surface area (Å²) >= 11 is 0. The Morgan fingerprint density at radius 3 is 1.90 bits per heavy atom. The summed E-state index contributed by atoms with van der Waals surface area (Å²) in [6.07, 6.45) is -8.23. The lowest BCUT2D eigenvalue weighted by molar-refractivity contribution is -0.277. The molecule has 1 aliphatic rings. The van der Waals surface area contributed by atoms with E-state index in [1.807, 2.05) is 0 Å². The maximum Gasteiger partial charge on any atom is 0.239 e. The largest absolute Gasteiger partial charge is 0.493 e. The van der Waals surface area contributed by atoms with Crippen LogP contribution in [0.25, 0.3) is 22.3 Å². The second-order valence-electron chi connectivity index (χ2n) is 8.81. The van der Waals surface area contributed by atoms with Crippen molar-refractivity contribution in [2.24, 2.45) is 0 Å². The van der Waals surface area contributed by atoms with Crippen LogP contribution in [0.4, 0.5) is 0 Å². The highest BCUT2D eigenvalue weighted by molar-refractivity contribution is 5.97. The van der Waals surface area contributed by atoms with Gasteiger partial charge in [0, 0.05) is 5.56 Å². The molecule has 3 aromatic rings. The molecule has 0 bridgehead atoms. The second kappa shape index (κ2) is 12.3. The molecule has 0 aliphatic carbocycles. The Morgan fingerprint density at radius 2 is 1.34 bits per heavy atom. The van der Waals surface area contributed by atoms with E-state index in [4.69, 9.17) is 42.3 Å². The summed E-state index contributed by atoms with van der Waals surface area (Å²) in [5.41, 5.74) is -0.612. The summed E-state index contributed by atoms with van der Waals surface area (Å²) in [7, 11) is 8.25. The number of benzene rings is 2. The molecule has 5 atom stereocenters. The van der Waals surface area contributed by atoms with E-state index in [9.17, 15) is 25.2 Å². The zero-order chi connectivity index (χ0) is 30.0. The van der Waals surface area contributed by atoms with Crippen molar-refractivity contribution in [2.75, 3.05) is 49.3 Å². The van der Waals surface area contributed by atoms with Crippen molar-refractivity contribution < 1.29 is 62.7 Å². The molecule has 1 fully saturated rings. The van der Waals surface area contributed by atoms with Gasteiger partial charge in [-0.2, -0.15) is 0 Å². The highest BCUT2D eigenvalue weighted by Crippen LogP contribution is 2.51. The van der Waals surface area contributed by atoms with Crippen molar-refractivity contribution in [1.82, 2.24) is 0 Å². The molecule has 2 aromatic carbocycles. The monoisotopic (exact) mass is 580 g/mol. The zero-order valence-electron chi connectivity index (χ0n) is 23.2. The molecule has 224 valence electrons. The molecule has 0 saturated carbocycles. The molecule has 1 aromatic heterocycles. The van der Waals surface area contributed by atoms with Gasteiger partial charge in [0.25, 0.3) is 0 Å². The van der Waals surface area contributed by atoms with E-state index >= 15 is 0 Å². The van der Waals surface area contributed by atoms with Gasteiger partial charge in [-0.25, -0.2) is 0 Å². The third-order valence-electron chi connectivity index (χ3n) is 6.67. The average molecular weight is 581 g/mol. The highest BCUT2D eigenvalue weighted by atomic mass is 16.7. The molecule has 14 heteroatoms. The average Bonchev–Trinajstić information content (AvgIpc) is 3.00. The van der Waals surface area contributed by atoms with E-state index in [1.54, 1.807) is 12.1 Å². The maximum atomic E-state index is 14.2. The molecule has 2 heterocycles. The molecule has 4 rings (SSSR count). The van der Waals surface area contributed by atoms with Crippen LogP contribution in [-0.4, -0.2) is 100 Å². The van der Waals surface area contributed by atoms with Crippen LogP contribution in [0.2, 0.25) is 0 Å². The van der Waals surface area contributed by atoms with Crippen molar-refractivity contribution in [3.63, 3.8) is 0 Å². The van der Waals surface area contributed by atoms with Crippen molar-refractivity contribution in [2.45, 2.75) is 30.7 Å². The minimum atomic E-state index is -1.82. The molecular formula is C27H32O14. The van der Waals surface area contributed by atoms with Gasteiger partial charge in [0.05, 0.1) is 49.3 Å². The summed E-state index contributed by atoms with van der Waals surface area (Å²) < 4.78 is 50.4. The smallest absolute Gasteiger partial charge is 0.239 e. The molecular weight excluding hydrogens is 548 g/mol. The van der Waals surface area contributed by atoms with Gasteiger partial charge in [-0.05, 0) is 18.2 Å². The minimum Gasteiger partial charge on any atom is -0.493 e. The van der Waals surface area contributed by atoms with Crippen molar-refractivity contribution in [3.05, 3.63) is 28.4 Å². The number of fused-ring (bicyclic) bond motifs is 1. The van der Waals surface area contributed by atoms with Crippen LogP contribution in [-0.2, 0) is 4.74 Å². The van der Waals surface area contributed by atoms with Crippen molar-refractivity contribution in [3.8, 4) is 51.6 Å². The van der Waals surface area contributed by atoms with Crippen molar-refractivity contribution in [1.29, 1.82) is 0 Å². The lowest BCUT2D eigenvalue weighted by Gasteiger charge is -2.39. The van der Waals surface area contributed by atoms with Crippen LogP contribution in [0.3, 0.4) is 0 Å². The standard InChI is InChI=1S/C27H32O14/c1-33-12-8-7-11(9-13(12)34-2)20-23(41-27-19(32)18(31)16(29)14(10-28)39-27)17(30)15-21(35-3)24(36-4)26(38-6)25(37-5)22(15)40-20/h7-9,14,16,18-19,27-29,31-32H,10H2,1-6H3/t14-,16-,18+,19-,27-/m1/s1. The van der Waals surface area contributed by atoms with E-state index in [2.05, 4.69) is 0 Å². The first-order valence-corrected chi connectivity index (χ1v) is 12.3. The Balaban J connectivity index is 2.07. The Morgan fingerprint density at radius 1 is 0.732 bits per heavy atom. The molecule has 14 nitrogen and oxygen atoms in total. The summed E-state index contributed by atoms with van der Waals surface area (Å²) in [6, 6.07) is 4.66. The Kier molecular flexibility index (Phi) is 8.99. The van der Waals surface area contributed by atoms with Gasteiger partial charge >= 0.3 is 0 Å². The third-order valence-corrected chi connectivity index (χ3v) is 6.67. The number of ether oxygens (including phenoxy) is 8. The van der Waals surface area contributed by atoms with Crippen LogP contribution in [0.15, 0.2) is 27.4 Å². The number of aliphatic hydroxyl groups is 4. The zero-order valence-corrected chi connectivity index (χ0v) is 23.2. The molecule has 0 radical (unpaired) electrons. The van der Waals surface area contributed by atoms with Crippen LogP contribution in [0.1, 0.15) is 0 Å². The lowest BCUT2D eigenvalue weighted by atomic mass is 9.99. The first-order chi connectivity index (χ1) is 19.7. The molecule has 0 unspecified atom stereocenters. The van der Waals surface area contributed by atoms with Crippen LogP contribution >= 0.6 is 0 Å². The number of aliphatic hydroxyl groups excluding tert-OH is 4. The quantitative estimate of drug-likeness (QED) is 0.262. The van der Waals surface area contributed by atoms with Crippen LogP contribution in [0, 0.1) is 0 Å². The summed E-state index contributed by atoms with van der Waals surface area (Å²) in [5, 5.41) is 40.6. The number of methoxy groups -OCH3 is 6. The van der Waals surface area contributed by atoms with E-state index in [1.165, 1.54) is 48.7 Å². The van der Waals surface area contributed by atoms with Gasteiger partial charge in [0.1, 0.15) is 29.8 Å².